The molecule has 0 aliphatic carbocycles. The summed E-state index contributed by atoms with van der Waals surface area (Å²) < 4.78 is 32.5. The number of methoxy groups -OCH3 is 1. The van der Waals surface area contributed by atoms with Gasteiger partial charge in [-0.3, -0.25) is 4.79 Å². The lowest BCUT2D eigenvalue weighted by Gasteiger charge is -2.15. The molecule has 0 aliphatic heterocycles. The molecule has 0 radical (unpaired) electrons. The summed E-state index contributed by atoms with van der Waals surface area (Å²) in [5, 5.41) is 5.57. The number of pyridine rings is 1. The molecule has 0 fully saturated rings. The molecule has 3 rings (SSSR count). The highest BCUT2D eigenvalue weighted by Crippen LogP contribution is 2.31. The summed E-state index contributed by atoms with van der Waals surface area (Å²) in [4.78, 5) is 31.7. The fourth-order valence-electron chi connectivity index (χ4n) is 2.54. The van der Waals surface area contributed by atoms with Crippen LogP contribution in [0.5, 0.6) is 5.88 Å². The maximum Gasteiger partial charge on any atom is 0.303 e. The lowest BCUT2D eigenvalue weighted by Crippen LogP contribution is -2.14. The van der Waals surface area contributed by atoms with Gasteiger partial charge in [0.05, 0.1) is 30.9 Å². The number of carbonyl (C=O) groups excluding carboxylic acids is 1. The van der Waals surface area contributed by atoms with Crippen molar-refractivity contribution in [2.45, 2.75) is 26.7 Å². The first-order valence-corrected chi connectivity index (χ1v) is 8.81. The third-order valence-corrected chi connectivity index (χ3v) is 3.83. The third-order valence-electron chi connectivity index (χ3n) is 3.83. The van der Waals surface area contributed by atoms with Crippen LogP contribution < -0.4 is 15.4 Å². The van der Waals surface area contributed by atoms with Crippen molar-refractivity contribution in [1.82, 2.24) is 24.9 Å². The Morgan fingerprint density at radius 1 is 1.07 bits per heavy atom. The molecular weight excluding hydrogens is 396 g/mol. The van der Waals surface area contributed by atoms with Crippen molar-refractivity contribution in [3.05, 3.63) is 42.2 Å². The number of amides is 1. The number of aromatic nitrogens is 5. The fraction of sp³-hybridized carbons (Fsp3) is 0.263. The van der Waals surface area contributed by atoms with Crippen LogP contribution >= 0.6 is 0 Å². The number of anilines is 3. The monoisotopic (exact) mass is 415 g/mol. The highest BCUT2D eigenvalue weighted by molar-refractivity contribution is 5.89. The predicted molar refractivity (Wildman–Crippen MR) is 106 cm³/mol. The van der Waals surface area contributed by atoms with Crippen molar-refractivity contribution in [2.24, 2.45) is 0 Å². The number of nitrogens with zero attached hydrogens (tertiary/aromatic N) is 5. The van der Waals surface area contributed by atoms with Crippen LogP contribution in [0.1, 0.15) is 25.4 Å². The Morgan fingerprint density at radius 2 is 1.83 bits per heavy atom. The number of nitrogens with one attached hydrogen (secondary N) is 2. The second kappa shape index (κ2) is 8.31. The van der Waals surface area contributed by atoms with Crippen molar-refractivity contribution < 1.29 is 18.3 Å². The second-order valence-electron chi connectivity index (χ2n) is 6.47. The lowest BCUT2D eigenvalue weighted by atomic mass is 10.1. The normalized spacial score (nSPS) is 11.1. The molecule has 3 aromatic heterocycles. The Morgan fingerprint density at radius 3 is 2.43 bits per heavy atom. The zero-order valence-electron chi connectivity index (χ0n) is 16.7. The molecule has 0 bridgehead atoms. The number of hydrogen-bond donors (Lipinski definition) is 2. The Balaban J connectivity index is 2.06. The average molecular weight is 415 g/mol. The topological polar surface area (TPSA) is 115 Å². The zero-order chi connectivity index (χ0) is 21.9. The van der Waals surface area contributed by atoms with E-state index < -0.39 is 11.7 Å². The molecule has 0 spiro atoms. The van der Waals surface area contributed by atoms with Crippen LogP contribution in [0.3, 0.4) is 0 Å². The molecule has 0 saturated carbocycles. The molecule has 156 valence electrons. The summed E-state index contributed by atoms with van der Waals surface area (Å²) in [6.07, 6.45) is 4.40. The smallest absolute Gasteiger partial charge is 0.303 e. The summed E-state index contributed by atoms with van der Waals surface area (Å²) in [6, 6.07) is 3.07. The summed E-state index contributed by atoms with van der Waals surface area (Å²) in [7, 11) is 1.47. The average Bonchev–Trinajstić information content (AvgIpc) is 2.67. The van der Waals surface area contributed by atoms with Gasteiger partial charge in [0.25, 0.3) is 0 Å². The predicted octanol–water partition coefficient (Wildman–Crippen LogP) is 3.46. The van der Waals surface area contributed by atoms with E-state index in [9.17, 15) is 13.6 Å². The number of halogens is 2. The molecule has 3 aromatic rings. The molecule has 11 heteroatoms. The van der Waals surface area contributed by atoms with Crippen molar-refractivity contribution >= 4 is 23.2 Å². The molecular formula is C19H19F2N7O2. The third kappa shape index (κ3) is 4.99. The molecule has 1 amide bonds. The highest BCUT2D eigenvalue weighted by Gasteiger charge is 2.29. The maximum absolute atomic E-state index is 13.7. The molecule has 2 N–H and O–H groups in total. The summed E-state index contributed by atoms with van der Waals surface area (Å²) in [5.74, 6) is -3.36. The Bertz CT molecular complexity index is 1070. The first kappa shape index (κ1) is 21.0. The van der Waals surface area contributed by atoms with Gasteiger partial charge in [-0.25, -0.2) is 24.9 Å². The fourth-order valence-corrected chi connectivity index (χ4v) is 2.54. The van der Waals surface area contributed by atoms with Crippen LogP contribution in [0.15, 0.2) is 30.7 Å². The minimum atomic E-state index is -3.20. The van der Waals surface area contributed by atoms with Gasteiger partial charge in [0.15, 0.2) is 0 Å². The number of aryl methyl sites for hydroxylation is 1. The van der Waals surface area contributed by atoms with E-state index in [1.54, 1.807) is 13.0 Å². The number of ether oxygens (including phenoxy) is 1. The molecule has 0 saturated heterocycles. The van der Waals surface area contributed by atoms with Crippen molar-refractivity contribution in [3.63, 3.8) is 0 Å². The molecule has 3 heterocycles. The van der Waals surface area contributed by atoms with Gasteiger partial charge in [0.1, 0.15) is 11.6 Å². The Labute approximate surface area is 171 Å². The SMILES string of the molecule is COc1cnc(-c2cnc(NC(C)=O)cc2Nc2cc(C)nc(C(C)(F)F)n2)cn1. The number of hydrogen-bond acceptors (Lipinski definition) is 8. The first-order chi connectivity index (χ1) is 14.2. The van der Waals surface area contributed by atoms with Crippen LogP contribution in [0.2, 0.25) is 0 Å². The van der Waals surface area contributed by atoms with Gasteiger partial charge in [0.2, 0.25) is 17.6 Å². The van der Waals surface area contributed by atoms with Crippen molar-refractivity contribution in [2.75, 3.05) is 17.7 Å². The van der Waals surface area contributed by atoms with Crippen LogP contribution in [0.25, 0.3) is 11.3 Å². The lowest BCUT2D eigenvalue weighted by molar-refractivity contribution is -0.114. The number of rotatable bonds is 6. The molecule has 0 unspecified atom stereocenters. The van der Waals surface area contributed by atoms with E-state index in [1.165, 1.54) is 38.7 Å². The van der Waals surface area contributed by atoms with Gasteiger partial charge in [0, 0.05) is 43.4 Å². The van der Waals surface area contributed by atoms with Gasteiger partial charge in [-0.2, -0.15) is 8.78 Å². The first-order valence-electron chi connectivity index (χ1n) is 8.81. The van der Waals surface area contributed by atoms with Crippen LogP contribution in [0.4, 0.5) is 26.1 Å². The van der Waals surface area contributed by atoms with E-state index in [1.807, 2.05) is 0 Å². The largest absolute Gasteiger partial charge is 0.480 e. The van der Waals surface area contributed by atoms with Crippen LogP contribution in [-0.4, -0.2) is 37.9 Å². The van der Waals surface area contributed by atoms with Crippen molar-refractivity contribution in [3.8, 4) is 17.1 Å². The molecule has 0 aromatic carbocycles. The van der Waals surface area contributed by atoms with Crippen LogP contribution in [0, 0.1) is 6.92 Å². The summed E-state index contributed by atoms with van der Waals surface area (Å²) in [6.45, 7) is 3.67. The second-order valence-corrected chi connectivity index (χ2v) is 6.47. The zero-order valence-corrected chi connectivity index (χ0v) is 16.7. The van der Waals surface area contributed by atoms with E-state index in [0.717, 1.165) is 6.92 Å². The maximum atomic E-state index is 13.7. The standard InChI is InChI=1S/C19H19F2N7O2/c1-10-5-16(28-18(25-10)19(3,20)21)27-13-6-15(26-11(2)29)23-7-12(13)14-8-24-17(30-4)9-22-14/h5-9H,1-4H3,(H2,23,25,26,27,28,29). The van der Waals surface area contributed by atoms with E-state index >= 15 is 0 Å². The Hall–Kier alpha value is -3.76. The summed E-state index contributed by atoms with van der Waals surface area (Å²) >= 11 is 0. The number of carbonyl (C=O) groups is 1. The summed E-state index contributed by atoms with van der Waals surface area (Å²) in [5.41, 5.74) is 1.76. The minimum absolute atomic E-state index is 0.154. The van der Waals surface area contributed by atoms with Crippen molar-refractivity contribution in [1.29, 1.82) is 0 Å². The Kier molecular flexibility index (Phi) is 5.81. The molecule has 0 aliphatic rings. The quantitative estimate of drug-likeness (QED) is 0.629. The van der Waals surface area contributed by atoms with Gasteiger partial charge < -0.3 is 15.4 Å². The van der Waals surface area contributed by atoms with E-state index in [2.05, 4.69) is 35.6 Å². The van der Waals surface area contributed by atoms with Gasteiger partial charge in [-0.05, 0) is 6.92 Å². The van der Waals surface area contributed by atoms with E-state index in [4.69, 9.17) is 4.74 Å². The van der Waals surface area contributed by atoms with E-state index in [-0.39, 0.29) is 17.5 Å². The number of alkyl halides is 2. The van der Waals surface area contributed by atoms with Gasteiger partial charge in [-0.15, -0.1) is 0 Å². The highest BCUT2D eigenvalue weighted by atomic mass is 19.3. The van der Waals surface area contributed by atoms with Crippen LogP contribution in [-0.2, 0) is 10.7 Å². The van der Waals surface area contributed by atoms with E-state index in [0.29, 0.717) is 28.5 Å². The van der Waals surface area contributed by atoms with Gasteiger partial charge in [-0.1, -0.05) is 0 Å². The minimum Gasteiger partial charge on any atom is -0.480 e. The molecule has 30 heavy (non-hydrogen) atoms. The molecule has 9 nitrogen and oxygen atoms in total. The molecule has 0 atom stereocenters. The van der Waals surface area contributed by atoms with Gasteiger partial charge >= 0.3 is 5.92 Å².